The average Bonchev–Trinajstić information content (AvgIpc) is 3.55. The number of aryl methyl sites for hydroxylation is 1. The number of carbonyl (C=O) groups excluding carboxylic acids is 1. The van der Waals surface area contributed by atoms with E-state index < -0.39 is 23.8 Å². The molecule has 5 N–H and O–H groups in total. The van der Waals surface area contributed by atoms with Crippen LogP contribution in [0, 0.1) is 65.1 Å². The van der Waals surface area contributed by atoms with E-state index in [2.05, 4.69) is 49.8 Å². The molecule has 0 spiro atoms. The van der Waals surface area contributed by atoms with Gasteiger partial charge in [0.25, 0.3) is 0 Å². The Kier molecular flexibility index (Phi) is 11.8. The monoisotopic (exact) mass is 778 g/mol. The maximum atomic E-state index is 13.2. The van der Waals surface area contributed by atoms with E-state index in [9.17, 15) is 30.0 Å². The number of carboxylic acids is 1. The summed E-state index contributed by atoms with van der Waals surface area (Å²) >= 11 is 0. The molecular formula is C48H62N2O7. The molecule has 4 fully saturated rings. The van der Waals surface area contributed by atoms with E-state index in [1.807, 2.05) is 55.5 Å². The Bertz CT molecular complexity index is 2020. The number of pyridine rings is 1. The van der Waals surface area contributed by atoms with Gasteiger partial charge in [-0.2, -0.15) is 0 Å². The van der Waals surface area contributed by atoms with Crippen LogP contribution >= 0.6 is 0 Å². The number of rotatable bonds is 11. The first-order chi connectivity index (χ1) is 27.2. The Hall–Kier alpha value is -3.97. The van der Waals surface area contributed by atoms with Crippen molar-refractivity contribution in [3.63, 3.8) is 0 Å². The van der Waals surface area contributed by atoms with Crippen LogP contribution in [0.1, 0.15) is 126 Å². The highest BCUT2D eigenvalue weighted by atomic mass is 16.5. The largest absolute Gasteiger partial charge is 0.481 e. The molecule has 4 aliphatic rings. The number of nitrogens with zero attached hydrogens (tertiary/aromatic N) is 1. The van der Waals surface area contributed by atoms with Gasteiger partial charge < -0.3 is 30.5 Å². The molecule has 306 valence electrons. The molecule has 4 aliphatic carbocycles. The first-order valence-corrected chi connectivity index (χ1v) is 21.4. The summed E-state index contributed by atoms with van der Waals surface area (Å²) in [5.74, 6) is 6.30. The smallest absolute Gasteiger partial charge is 0.342 e. The summed E-state index contributed by atoms with van der Waals surface area (Å²) in [6, 6.07) is 15.7. The summed E-state index contributed by atoms with van der Waals surface area (Å²) in [6.45, 7) is 11.4. The fourth-order valence-corrected chi connectivity index (χ4v) is 12.0. The van der Waals surface area contributed by atoms with Crippen molar-refractivity contribution >= 4 is 28.5 Å². The predicted octanol–water partition coefficient (Wildman–Crippen LogP) is 8.30. The van der Waals surface area contributed by atoms with E-state index >= 15 is 0 Å². The van der Waals surface area contributed by atoms with Gasteiger partial charge in [0, 0.05) is 23.9 Å². The third kappa shape index (κ3) is 7.82. The third-order valence-electron chi connectivity index (χ3n) is 15.3. The number of ether oxygens (including phenoxy) is 1. The molecule has 2 aromatic carbocycles. The predicted molar refractivity (Wildman–Crippen MR) is 221 cm³/mol. The number of aromatic nitrogens is 1. The van der Waals surface area contributed by atoms with Crippen LogP contribution in [0.4, 0.5) is 5.69 Å². The molecule has 0 amide bonds. The van der Waals surface area contributed by atoms with Gasteiger partial charge in [-0.1, -0.05) is 76.3 Å². The highest BCUT2D eigenvalue weighted by molar-refractivity contribution is 6.06. The van der Waals surface area contributed by atoms with Gasteiger partial charge in [-0.25, -0.2) is 4.79 Å². The van der Waals surface area contributed by atoms with Crippen molar-refractivity contribution in [2.75, 3.05) is 11.9 Å². The molecule has 4 saturated carbocycles. The molecule has 0 radical (unpaired) electrons. The summed E-state index contributed by atoms with van der Waals surface area (Å²) in [5.41, 5.74) is 2.78. The van der Waals surface area contributed by atoms with Gasteiger partial charge in [0.1, 0.15) is 11.2 Å². The SMILES string of the molecule is CCCCOC(=O)c1c(C)nc2ccccc2c1NCc1ccc(C#CC2(O)CCC3(C)C(CC(O)C4C3CC(O)C3(C)C(C(C)CCC(=O)O)CCC43)C2)cc1. The fourth-order valence-electron chi connectivity index (χ4n) is 12.0. The maximum absolute atomic E-state index is 13.2. The molecule has 0 bridgehead atoms. The lowest BCUT2D eigenvalue weighted by atomic mass is 9.42. The van der Waals surface area contributed by atoms with E-state index in [0.29, 0.717) is 62.2 Å². The highest BCUT2D eigenvalue weighted by Crippen LogP contribution is 2.69. The molecule has 11 atom stereocenters. The number of aliphatic hydroxyl groups is 3. The Labute approximate surface area is 338 Å². The number of esters is 1. The summed E-state index contributed by atoms with van der Waals surface area (Å²) in [7, 11) is 0. The number of aliphatic hydroxyl groups excluding tert-OH is 2. The summed E-state index contributed by atoms with van der Waals surface area (Å²) in [5, 5.41) is 49.4. The molecule has 1 aromatic heterocycles. The summed E-state index contributed by atoms with van der Waals surface area (Å²) < 4.78 is 5.61. The van der Waals surface area contributed by atoms with Crippen LogP contribution in [0.3, 0.4) is 0 Å². The zero-order chi connectivity index (χ0) is 40.7. The van der Waals surface area contributed by atoms with Crippen LogP contribution in [0.2, 0.25) is 0 Å². The molecule has 3 aromatic rings. The number of hydrogen-bond donors (Lipinski definition) is 5. The van der Waals surface area contributed by atoms with Gasteiger partial charge in [-0.3, -0.25) is 9.78 Å². The van der Waals surface area contributed by atoms with Gasteiger partial charge in [-0.15, -0.1) is 0 Å². The Morgan fingerprint density at radius 2 is 1.79 bits per heavy atom. The van der Waals surface area contributed by atoms with Gasteiger partial charge in [0.05, 0.1) is 35.7 Å². The minimum atomic E-state index is -1.17. The summed E-state index contributed by atoms with van der Waals surface area (Å²) in [4.78, 5) is 29.3. The van der Waals surface area contributed by atoms with Gasteiger partial charge in [0.2, 0.25) is 0 Å². The van der Waals surface area contributed by atoms with Crippen LogP contribution in [-0.2, 0) is 16.1 Å². The molecule has 1 heterocycles. The maximum Gasteiger partial charge on any atom is 0.342 e. The number of carboxylic acid groups (broad SMARTS) is 1. The molecule has 7 rings (SSSR count). The second-order valence-electron chi connectivity index (χ2n) is 18.5. The summed E-state index contributed by atoms with van der Waals surface area (Å²) in [6.07, 6.45) is 6.46. The first-order valence-electron chi connectivity index (χ1n) is 21.4. The van der Waals surface area contributed by atoms with Gasteiger partial charge in [0.15, 0.2) is 0 Å². The van der Waals surface area contributed by atoms with Crippen molar-refractivity contribution in [2.24, 2.45) is 46.3 Å². The topological polar surface area (TPSA) is 149 Å². The second kappa shape index (κ2) is 16.4. The number of carbonyl (C=O) groups is 2. The van der Waals surface area contributed by atoms with Crippen molar-refractivity contribution in [1.29, 1.82) is 0 Å². The van der Waals surface area contributed by atoms with Crippen molar-refractivity contribution in [2.45, 2.75) is 130 Å². The Balaban J connectivity index is 1.02. The first kappa shape index (κ1) is 41.2. The number of anilines is 1. The minimum Gasteiger partial charge on any atom is -0.481 e. The molecule has 57 heavy (non-hydrogen) atoms. The lowest BCUT2D eigenvalue weighted by molar-refractivity contribution is -0.211. The number of fused-ring (bicyclic) bond motifs is 6. The Morgan fingerprint density at radius 1 is 1.04 bits per heavy atom. The molecule has 0 saturated heterocycles. The van der Waals surface area contributed by atoms with E-state index in [1.54, 1.807) is 0 Å². The second-order valence-corrected chi connectivity index (χ2v) is 18.5. The number of hydrogen-bond acceptors (Lipinski definition) is 8. The minimum absolute atomic E-state index is 0.0835. The fraction of sp³-hybridized carbons (Fsp3) is 0.604. The quantitative estimate of drug-likeness (QED) is 0.0737. The van der Waals surface area contributed by atoms with Crippen molar-refractivity contribution < 1.29 is 34.8 Å². The van der Waals surface area contributed by atoms with E-state index in [-0.39, 0.29) is 58.7 Å². The van der Waals surface area contributed by atoms with Crippen LogP contribution in [-0.4, -0.2) is 61.8 Å². The van der Waals surface area contributed by atoms with Gasteiger partial charge in [-0.05, 0) is 135 Å². The van der Waals surface area contributed by atoms with Crippen LogP contribution < -0.4 is 5.32 Å². The standard InChI is InChI=1S/C48H62N2O7/c1-6-7-24-57-45(55)42-30(3)50-38-11-9-8-10-34(38)44(42)49-28-32-15-13-31(14-16-32)20-21-48(56)23-22-46(4)33(27-48)25-39(51)43-36-18-17-35(29(2)12-19-41(53)54)47(36,5)40(52)26-37(43)46/h8-11,13-16,29,33,35-37,39-40,43,51-52,56H,6-7,12,17-19,22-28H2,1-5H3,(H,49,50)(H,53,54). The van der Waals surface area contributed by atoms with Crippen LogP contribution in [0.5, 0.6) is 0 Å². The molecule has 11 unspecified atom stereocenters. The number of aliphatic carboxylic acids is 1. The lowest BCUT2D eigenvalue weighted by Gasteiger charge is -2.64. The highest BCUT2D eigenvalue weighted by Gasteiger charge is 2.66. The zero-order valence-corrected chi connectivity index (χ0v) is 34.4. The molecule has 9 nitrogen and oxygen atoms in total. The molecule has 9 heteroatoms. The normalized spacial score (nSPS) is 33.6. The van der Waals surface area contributed by atoms with E-state index in [4.69, 9.17) is 4.74 Å². The van der Waals surface area contributed by atoms with Crippen LogP contribution in [0.25, 0.3) is 10.9 Å². The van der Waals surface area contributed by atoms with E-state index in [1.165, 1.54) is 0 Å². The van der Waals surface area contributed by atoms with Gasteiger partial charge >= 0.3 is 11.9 Å². The number of nitrogens with one attached hydrogen (secondary N) is 1. The van der Waals surface area contributed by atoms with Crippen LogP contribution in [0.15, 0.2) is 48.5 Å². The Morgan fingerprint density at radius 3 is 2.53 bits per heavy atom. The number of benzene rings is 2. The lowest BCUT2D eigenvalue weighted by Crippen LogP contribution is -2.63. The van der Waals surface area contributed by atoms with Crippen molar-refractivity contribution in [3.8, 4) is 11.8 Å². The van der Waals surface area contributed by atoms with E-state index in [0.717, 1.165) is 54.1 Å². The number of para-hydroxylation sites is 1. The zero-order valence-electron chi connectivity index (χ0n) is 34.4. The van der Waals surface area contributed by atoms with Crippen molar-refractivity contribution in [1.82, 2.24) is 4.98 Å². The molecular weight excluding hydrogens is 717 g/mol. The number of unbranched alkanes of at least 4 members (excludes halogenated alkanes) is 1. The molecule has 0 aliphatic heterocycles. The van der Waals surface area contributed by atoms with Crippen molar-refractivity contribution in [3.05, 3.63) is 70.9 Å². The average molecular weight is 779 g/mol. The third-order valence-corrected chi connectivity index (χ3v) is 15.3.